The van der Waals surface area contributed by atoms with Crippen LogP contribution in [0.4, 0.5) is 5.69 Å². The van der Waals surface area contributed by atoms with Gasteiger partial charge in [0.2, 0.25) is 0 Å². The van der Waals surface area contributed by atoms with E-state index in [-0.39, 0.29) is 0 Å². The molecule has 0 spiro atoms. The van der Waals surface area contributed by atoms with Crippen LogP contribution in [0.3, 0.4) is 0 Å². The van der Waals surface area contributed by atoms with Crippen molar-refractivity contribution in [2.45, 2.75) is 48.0 Å². The Bertz CT molecular complexity index is 347. The fraction of sp³-hybridized carbons (Fsp3) is 0.500. The van der Waals surface area contributed by atoms with Crippen molar-refractivity contribution in [3.8, 4) is 0 Å². The number of anilines is 1. The number of hydrogen-bond acceptors (Lipinski definition) is 2. The van der Waals surface area contributed by atoms with Crippen molar-refractivity contribution >= 4 is 23.5 Å². The normalized spacial score (nSPS) is 8.41. The Balaban J connectivity index is 0. The molecule has 0 atom stereocenters. The minimum absolute atomic E-state index is 0.578. The van der Waals surface area contributed by atoms with E-state index >= 15 is 0 Å². The van der Waals surface area contributed by atoms with Gasteiger partial charge in [-0.2, -0.15) is 0 Å². The van der Waals surface area contributed by atoms with E-state index in [1.165, 1.54) is 6.21 Å². The van der Waals surface area contributed by atoms with Gasteiger partial charge < -0.3 is 11.1 Å². The number of halogens is 1. The first-order valence-corrected chi connectivity index (χ1v) is 6.57. The maximum Gasteiger partial charge on any atom is 0.0461 e. The molecule has 0 aliphatic carbocycles. The third kappa shape index (κ3) is 4.78. The molecule has 0 heterocycles. The van der Waals surface area contributed by atoms with Crippen LogP contribution in [0.25, 0.3) is 0 Å². The van der Waals surface area contributed by atoms with Crippen LogP contribution in [0.5, 0.6) is 0 Å². The number of benzene rings is 1. The lowest BCUT2D eigenvalue weighted by Crippen LogP contribution is -2.00. The molecule has 0 amide bonds. The summed E-state index contributed by atoms with van der Waals surface area (Å²) in [5.41, 5.74) is 9.17. The first kappa shape index (κ1) is 18.3. The van der Waals surface area contributed by atoms with Gasteiger partial charge in [0, 0.05) is 22.5 Å². The second-order valence-corrected chi connectivity index (χ2v) is 3.37. The first-order chi connectivity index (χ1) is 8.11. The van der Waals surface area contributed by atoms with Gasteiger partial charge >= 0.3 is 0 Å². The van der Waals surface area contributed by atoms with E-state index < -0.39 is 0 Å². The lowest BCUT2D eigenvalue weighted by atomic mass is 9.99. The lowest BCUT2D eigenvalue weighted by molar-refractivity contribution is 1.11. The Hall–Kier alpha value is -1.02. The van der Waals surface area contributed by atoms with Gasteiger partial charge in [0.25, 0.3) is 0 Å². The molecular weight excluding hydrogens is 232 g/mol. The summed E-state index contributed by atoms with van der Waals surface area (Å²) in [6.07, 6.45) is 2.14. The maximum atomic E-state index is 7.22. The summed E-state index contributed by atoms with van der Waals surface area (Å²) in [6.45, 7) is 12.0. The Kier molecular flexibility index (Phi) is 11.0. The smallest absolute Gasteiger partial charge is 0.0461 e. The Morgan fingerprint density at radius 1 is 1.29 bits per heavy atom. The van der Waals surface area contributed by atoms with Crippen LogP contribution < -0.4 is 5.73 Å². The molecule has 0 aliphatic heterocycles. The van der Waals surface area contributed by atoms with Gasteiger partial charge in [-0.15, -0.1) is 0 Å². The van der Waals surface area contributed by atoms with Crippen LogP contribution in [0.1, 0.15) is 51.3 Å². The maximum absolute atomic E-state index is 7.22. The summed E-state index contributed by atoms with van der Waals surface area (Å²) in [4.78, 5) is 0. The number of nitrogens with one attached hydrogen (secondary N) is 1. The van der Waals surface area contributed by atoms with E-state index in [2.05, 4.69) is 0 Å². The van der Waals surface area contributed by atoms with Gasteiger partial charge in [-0.1, -0.05) is 46.2 Å². The summed E-state index contributed by atoms with van der Waals surface area (Å²) in [5, 5.41) is 7.92. The molecule has 0 aliphatic rings. The Labute approximate surface area is 111 Å². The third-order valence-corrected chi connectivity index (χ3v) is 2.57. The fourth-order valence-corrected chi connectivity index (χ4v) is 1.88. The Morgan fingerprint density at radius 2 is 1.76 bits per heavy atom. The monoisotopic (exact) mass is 256 g/mol. The van der Waals surface area contributed by atoms with Gasteiger partial charge in [-0.25, -0.2) is 0 Å². The standard InChI is InChI=1S/C10H13ClN2.2C2H6/c1-3-7-6(2)8(5-12)10(13)4-9(7)11;2*1-2/h4-5,12H,3,13H2,1-2H3;2*1-2H3. The topological polar surface area (TPSA) is 49.9 Å². The van der Waals surface area contributed by atoms with E-state index in [9.17, 15) is 0 Å². The van der Waals surface area contributed by atoms with Crippen molar-refractivity contribution in [1.82, 2.24) is 0 Å². The average molecular weight is 257 g/mol. The van der Waals surface area contributed by atoms with E-state index in [1.54, 1.807) is 6.07 Å². The van der Waals surface area contributed by atoms with Gasteiger partial charge in [0.15, 0.2) is 0 Å². The van der Waals surface area contributed by atoms with Gasteiger partial charge in [0.05, 0.1) is 0 Å². The predicted molar refractivity (Wildman–Crippen MR) is 80.6 cm³/mol. The second-order valence-electron chi connectivity index (χ2n) is 2.96. The lowest BCUT2D eigenvalue weighted by Gasteiger charge is -2.11. The van der Waals surface area contributed by atoms with Crippen molar-refractivity contribution in [3.05, 3.63) is 27.8 Å². The highest BCUT2D eigenvalue weighted by Crippen LogP contribution is 2.27. The minimum atomic E-state index is 0.578. The number of nitrogen functional groups attached to an aromatic ring is 1. The molecular formula is C14H25ClN2. The van der Waals surface area contributed by atoms with E-state index in [4.69, 9.17) is 22.7 Å². The molecule has 1 aromatic carbocycles. The summed E-state index contributed by atoms with van der Waals surface area (Å²) < 4.78 is 0. The summed E-state index contributed by atoms with van der Waals surface area (Å²) in [6, 6.07) is 1.72. The quantitative estimate of drug-likeness (QED) is 0.577. The highest BCUT2D eigenvalue weighted by molar-refractivity contribution is 6.32. The van der Waals surface area contributed by atoms with Crippen LogP contribution in [0.15, 0.2) is 6.07 Å². The van der Waals surface area contributed by atoms with Gasteiger partial charge in [-0.05, 0) is 30.5 Å². The van der Waals surface area contributed by atoms with E-state index in [0.717, 1.165) is 23.1 Å². The van der Waals surface area contributed by atoms with Crippen molar-refractivity contribution in [3.63, 3.8) is 0 Å². The van der Waals surface area contributed by atoms with E-state index in [1.807, 2.05) is 41.5 Å². The average Bonchev–Trinajstić information content (AvgIpc) is 2.34. The molecule has 0 radical (unpaired) electrons. The largest absolute Gasteiger partial charge is 0.398 e. The molecule has 0 bridgehead atoms. The van der Waals surface area contributed by atoms with Crippen molar-refractivity contribution in [2.24, 2.45) is 0 Å². The molecule has 1 aromatic rings. The molecule has 0 saturated heterocycles. The fourth-order valence-electron chi connectivity index (χ4n) is 1.49. The molecule has 3 heteroatoms. The summed E-state index contributed by atoms with van der Waals surface area (Å²) in [7, 11) is 0. The van der Waals surface area contributed by atoms with Crippen LogP contribution in [-0.2, 0) is 6.42 Å². The minimum Gasteiger partial charge on any atom is -0.398 e. The third-order valence-electron chi connectivity index (χ3n) is 2.24. The molecule has 1 rings (SSSR count). The van der Waals surface area contributed by atoms with Gasteiger partial charge in [-0.3, -0.25) is 0 Å². The van der Waals surface area contributed by atoms with Crippen LogP contribution in [-0.4, -0.2) is 6.21 Å². The zero-order valence-corrected chi connectivity index (χ0v) is 12.6. The summed E-state index contributed by atoms with van der Waals surface area (Å²) in [5.74, 6) is 0. The highest BCUT2D eigenvalue weighted by atomic mass is 35.5. The van der Waals surface area contributed by atoms with Crippen LogP contribution in [0.2, 0.25) is 5.02 Å². The number of nitrogens with two attached hydrogens (primary N) is 1. The molecule has 2 nitrogen and oxygen atoms in total. The molecule has 0 saturated carbocycles. The molecule has 0 fully saturated rings. The molecule has 17 heavy (non-hydrogen) atoms. The van der Waals surface area contributed by atoms with Gasteiger partial charge in [0.1, 0.15) is 0 Å². The molecule has 98 valence electrons. The molecule has 3 N–H and O–H groups in total. The zero-order valence-electron chi connectivity index (χ0n) is 11.8. The van der Waals surface area contributed by atoms with Crippen LogP contribution in [0, 0.1) is 12.3 Å². The second kappa shape index (κ2) is 10.2. The van der Waals surface area contributed by atoms with Crippen molar-refractivity contribution in [2.75, 3.05) is 5.73 Å². The molecule has 0 aromatic heterocycles. The summed E-state index contributed by atoms with van der Waals surface area (Å²) >= 11 is 6.01. The molecule has 0 unspecified atom stereocenters. The predicted octanol–water partition coefficient (Wildman–Crippen LogP) is 4.84. The highest BCUT2D eigenvalue weighted by Gasteiger charge is 2.09. The Morgan fingerprint density at radius 3 is 2.12 bits per heavy atom. The SMILES string of the molecule is CC.CC.CCc1c(Cl)cc(N)c(C=N)c1C. The number of rotatable bonds is 2. The first-order valence-electron chi connectivity index (χ1n) is 6.19. The zero-order chi connectivity index (χ0) is 14.0. The van der Waals surface area contributed by atoms with Crippen molar-refractivity contribution < 1.29 is 0 Å². The number of hydrogen-bond donors (Lipinski definition) is 2. The van der Waals surface area contributed by atoms with Crippen LogP contribution >= 0.6 is 11.6 Å². The van der Waals surface area contributed by atoms with E-state index in [0.29, 0.717) is 10.7 Å². The van der Waals surface area contributed by atoms with Crippen molar-refractivity contribution in [1.29, 1.82) is 5.41 Å².